The quantitative estimate of drug-likeness (QED) is 0.694. The number of methoxy groups -OCH3 is 1. The van der Waals surface area contributed by atoms with Crippen molar-refractivity contribution in [3.05, 3.63) is 63.9 Å². The molecule has 0 spiro atoms. The molecule has 0 aliphatic carbocycles. The van der Waals surface area contributed by atoms with Gasteiger partial charge in [-0.05, 0) is 53.2 Å². The number of halogens is 2. The molecule has 1 N–H and O–H groups in total. The monoisotopic (exact) mass is 444 g/mol. The number of benzene rings is 2. The van der Waals surface area contributed by atoms with Crippen molar-refractivity contribution in [2.24, 2.45) is 10.1 Å². The second-order valence-electron chi connectivity index (χ2n) is 6.21. The van der Waals surface area contributed by atoms with E-state index >= 15 is 0 Å². The van der Waals surface area contributed by atoms with Gasteiger partial charge in [-0.3, -0.25) is 10.2 Å². The van der Waals surface area contributed by atoms with E-state index in [1.54, 1.807) is 24.3 Å². The molecule has 0 atom stereocenters. The highest BCUT2D eigenvalue weighted by Crippen LogP contribution is 2.38. The second-order valence-corrected chi connectivity index (χ2v) is 7.42. The molecule has 0 fully saturated rings. The van der Waals surface area contributed by atoms with Crippen LogP contribution in [-0.4, -0.2) is 34.6 Å². The number of fused-ring (bicyclic) bond motifs is 1. The summed E-state index contributed by atoms with van der Waals surface area (Å²) in [6.07, 6.45) is 1.50. The third kappa shape index (κ3) is 3.94. The molecular weight excluding hydrogens is 431 g/mol. The lowest BCUT2D eigenvalue weighted by Gasteiger charge is -2.20. The fourth-order valence-electron chi connectivity index (χ4n) is 2.80. The van der Waals surface area contributed by atoms with E-state index in [1.165, 1.54) is 47.6 Å². The fraction of sp³-hybridized carbons (Fsp3) is 0.100. The summed E-state index contributed by atoms with van der Waals surface area (Å²) in [5.74, 6) is -0.264. The summed E-state index contributed by atoms with van der Waals surface area (Å²) in [4.78, 5) is 16.3. The first-order valence-electron chi connectivity index (χ1n) is 8.64. The van der Waals surface area contributed by atoms with Gasteiger partial charge in [0.25, 0.3) is 5.91 Å². The standard InChI is InChI=1S/C20H14ClFN4O3S/c1-28-16-8-12(6-14-18(23)26-20(25-19(14)27)30-10-24-26)7-15(21)17(16)29-9-11-2-4-13(22)5-3-11/h2-8,10,23H,9H2,1H3. The smallest absolute Gasteiger partial charge is 0.283 e. The molecule has 0 radical (unpaired) electrons. The zero-order valence-corrected chi connectivity index (χ0v) is 17.1. The minimum Gasteiger partial charge on any atom is -0.493 e. The zero-order valence-electron chi connectivity index (χ0n) is 15.6. The molecule has 30 heavy (non-hydrogen) atoms. The molecule has 0 saturated carbocycles. The van der Waals surface area contributed by atoms with Crippen molar-refractivity contribution in [1.29, 1.82) is 5.41 Å². The van der Waals surface area contributed by atoms with Crippen molar-refractivity contribution in [1.82, 2.24) is 5.01 Å². The molecule has 0 saturated heterocycles. The number of hydrazone groups is 1. The average Bonchev–Trinajstić information content (AvgIpc) is 3.19. The summed E-state index contributed by atoms with van der Waals surface area (Å²) in [6.45, 7) is 0.169. The van der Waals surface area contributed by atoms with Gasteiger partial charge in [-0.25, -0.2) is 4.39 Å². The molecular formula is C20H14ClFN4O3S. The zero-order chi connectivity index (χ0) is 21.3. The van der Waals surface area contributed by atoms with Crippen molar-refractivity contribution >= 4 is 51.9 Å². The van der Waals surface area contributed by atoms with Crippen molar-refractivity contribution in [3.63, 3.8) is 0 Å². The molecule has 4 rings (SSSR count). The molecule has 2 aromatic rings. The van der Waals surface area contributed by atoms with Crippen molar-refractivity contribution < 1.29 is 18.7 Å². The van der Waals surface area contributed by atoms with Crippen LogP contribution in [0.5, 0.6) is 11.5 Å². The van der Waals surface area contributed by atoms with Crippen molar-refractivity contribution in [3.8, 4) is 11.5 Å². The molecule has 2 aromatic carbocycles. The van der Waals surface area contributed by atoms with Gasteiger partial charge in [0.2, 0.25) is 0 Å². The highest BCUT2D eigenvalue weighted by molar-refractivity contribution is 8.25. The number of thioether (sulfide) groups is 1. The first-order chi connectivity index (χ1) is 14.5. The molecule has 10 heteroatoms. The number of amidine groups is 2. The maximum Gasteiger partial charge on any atom is 0.283 e. The van der Waals surface area contributed by atoms with E-state index in [0.29, 0.717) is 22.2 Å². The minimum atomic E-state index is -0.532. The lowest BCUT2D eigenvalue weighted by molar-refractivity contribution is -0.114. The normalized spacial score (nSPS) is 16.7. The van der Waals surface area contributed by atoms with E-state index < -0.39 is 5.91 Å². The van der Waals surface area contributed by atoms with Crippen LogP contribution in [0.3, 0.4) is 0 Å². The second kappa shape index (κ2) is 8.29. The Bertz CT molecular complexity index is 1130. The molecule has 2 aliphatic rings. The van der Waals surface area contributed by atoms with E-state index in [9.17, 15) is 9.18 Å². The summed E-state index contributed by atoms with van der Waals surface area (Å²) >= 11 is 7.56. The van der Waals surface area contributed by atoms with Crippen LogP contribution >= 0.6 is 23.4 Å². The number of hydrogen-bond donors (Lipinski definition) is 1. The summed E-state index contributed by atoms with van der Waals surface area (Å²) in [5, 5.41) is 14.2. The maximum absolute atomic E-state index is 13.1. The van der Waals surface area contributed by atoms with E-state index in [2.05, 4.69) is 10.1 Å². The van der Waals surface area contributed by atoms with Gasteiger partial charge < -0.3 is 9.47 Å². The van der Waals surface area contributed by atoms with Gasteiger partial charge in [-0.1, -0.05) is 23.7 Å². The average molecular weight is 445 g/mol. The summed E-state index contributed by atoms with van der Waals surface area (Å²) in [7, 11) is 1.47. The van der Waals surface area contributed by atoms with Gasteiger partial charge in [0.1, 0.15) is 12.4 Å². The molecule has 2 aliphatic heterocycles. The van der Waals surface area contributed by atoms with E-state index in [1.807, 2.05) is 0 Å². The largest absolute Gasteiger partial charge is 0.493 e. The van der Waals surface area contributed by atoms with Gasteiger partial charge in [-0.2, -0.15) is 15.1 Å². The predicted octanol–water partition coefficient (Wildman–Crippen LogP) is 4.32. The van der Waals surface area contributed by atoms with Crippen LogP contribution in [0.15, 0.2) is 52.1 Å². The van der Waals surface area contributed by atoms with E-state index in [4.69, 9.17) is 26.5 Å². The van der Waals surface area contributed by atoms with E-state index in [-0.39, 0.29) is 28.9 Å². The minimum absolute atomic E-state index is 0.0713. The Morgan fingerprint density at radius 1 is 1.30 bits per heavy atom. The van der Waals surface area contributed by atoms with Crippen LogP contribution in [0.25, 0.3) is 6.08 Å². The molecule has 0 bridgehead atoms. The topological polar surface area (TPSA) is 87.3 Å². The van der Waals surface area contributed by atoms with Crippen LogP contribution < -0.4 is 9.47 Å². The number of carbonyl (C=O) groups excluding carboxylic acids is 1. The number of rotatable bonds is 5. The molecule has 152 valence electrons. The Kier molecular flexibility index (Phi) is 5.56. The predicted molar refractivity (Wildman–Crippen MR) is 115 cm³/mol. The van der Waals surface area contributed by atoms with Crippen LogP contribution in [-0.2, 0) is 11.4 Å². The Morgan fingerprint density at radius 2 is 2.07 bits per heavy atom. The molecule has 0 aromatic heterocycles. The maximum atomic E-state index is 13.1. The van der Waals surface area contributed by atoms with Crippen LogP contribution in [0.4, 0.5) is 4.39 Å². The first kappa shape index (κ1) is 20.1. The van der Waals surface area contributed by atoms with Crippen LogP contribution in [0, 0.1) is 11.2 Å². The number of nitrogens with one attached hydrogen (secondary N) is 1. The summed E-state index contributed by atoms with van der Waals surface area (Å²) < 4.78 is 24.2. The molecule has 7 nitrogen and oxygen atoms in total. The summed E-state index contributed by atoms with van der Waals surface area (Å²) in [5.41, 5.74) is 2.89. The van der Waals surface area contributed by atoms with Gasteiger partial charge >= 0.3 is 0 Å². The van der Waals surface area contributed by atoms with Crippen molar-refractivity contribution in [2.45, 2.75) is 6.61 Å². The number of aliphatic imine (C=N–C) groups is 1. The van der Waals surface area contributed by atoms with Crippen molar-refractivity contribution in [2.75, 3.05) is 7.11 Å². The first-order valence-corrected chi connectivity index (χ1v) is 9.89. The third-order valence-electron chi connectivity index (χ3n) is 4.26. The lowest BCUT2D eigenvalue weighted by Crippen LogP contribution is -2.35. The number of hydrogen-bond acceptors (Lipinski definition) is 6. The van der Waals surface area contributed by atoms with Gasteiger partial charge in [0.15, 0.2) is 22.5 Å². The van der Waals surface area contributed by atoms with Crippen LogP contribution in [0.2, 0.25) is 5.02 Å². The van der Waals surface area contributed by atoms with Gasteiger partial charge in [0, 0.05) is 0 Å². The Balaban J connectivity index is 1.61. The van der Waals surface area contributed by atoms with Gasteiger partial charge in [0.05, 0.1) is 23.3 Å². The van der Waals surface area contributed by atoms with Crippen LogP contribution in [0.1, 0.15) is 11.1 Å². The molecule has 0 unspecified atom stereocenters. The van der Waals surface area contributed by atoms with Gasteiger partial charge in [-0.15, -0.1) is 0 Å². The number of carbonyl (C=O) groups is 1. The number of nitrogens with zero attached hydrogens (tertiary/aromatic N) is 3. The highest BCUT2D eigenvalue weighted by Gasteiger charge is 2.32. The number of ether oxygens (including phenoxy) is 2. The Morgan fingerprint density at radius 3 is 2.80 bits per heavy atom. The lowest BCUT2D eigenvalue weighted by atomic mass is 10.1. The third-order valence-corrected chi connectivity index (χ3v) is 5.21. The fourth-order valence-corrected chi connectivity index (χ4v) is 3.69. The molecule has 1 amide bonds. The Hall–Kier alpha value is -3.17. The molecule has 2 heterocycles. The summed E-state index contributed by atoms with van der Waals surface area (Å²) in [6, 6.07) is 9.16. The highest BCUT2D eigenvalue weighted by atomic mass is 35.5. The number of amides is 1. The van der Waals surface area contributed by atoms with E-state index in [0.717, 1.165) is 5.56 Å². The Labute approximate surface area is 180 Å². The SMILES string of the molecule is COc1cc(C=C2C(=N)N3N=CSC3=NC2=O)cc(Cl)c1OCc1ccc(F)cc1.